The average molecular weight is 256 g/mol. The Kier molecular flexibility index (Phi) is 10.7. The molecule has 0 N–H and O–H groups in total. The van der Waals surface area contributed by atoms with Crippen molar-refractivity contribution >= 4 is 11.8 Å². The summed E-state index contributed by atoms with van der Waals surface area (Å²) >= 11 is 0. The van der Waals surface area contributed by atoms with Crippen LogP contribution in [0.15, 0.2) is 0 Å². The molecule has 18 heavy (non-hydrogen) atoms. The first-order chi connectivity index (χ1) is 8.63. The Morgan fingerprint density at radius 1 is 0.944 bits per heavy atom. The fraction of sp³-hybridized carbons (Fsp3) is 0.867. The van der Waals surface area contributed by atoms with Gasteiger partial charge in [-0.1, -0.05) is 51.9 Å². The van der Waals surface area contributed by atoms with Crippen molar-refractivity contribution in [3.8, 4) is 0 Å². The first-order valence-electron chi connectivity index (χ1n) is 7.30. The summed E-state index contributed by atoms with van der Waals surface area (Å²) in [6.07, 6.45) is 9.01. The fourth-order valence-corrected chi connectivity index (χ4v) is 2.04. The molecule has 0 saturated carbocycles. The minimum atomic E-state index is -0.541. The lowest BCUT2D eigenvalue weighted by Gasteiger charge is -2.12. The molecule has 0 aliphatic heterocycles. The van der Waals surface area contributed by atoms with Gasteiger partial charge < -0.3 is 4.74 Å². The molecule has 0 spiro atoms. The number of Topliss-reactive ketones (excluding diaryl/α,β-unsaturated/α-hetero) is 1. The molecule has 0 aromatic carbocycles. The van der Waals surface area contributed by atoms with Crippen LogP contribution in [0.1, 0.15) is 72.1 Å². The molecule has 0 heterocycles. The summed E-state index contributed by atoms with van der Waals surface area (Å²) in [5, 5.41) is 0. The molecule has 3 nitrogen and oxygen atoms in total. The van der Waals surface area contributed by atoms with Crippen molar-refractivity contribution in [3.63, 3.8) is 0 Å². The number of ketones is 1. The maximum atomic E-state index is 11.5. The lowest BCUT2D eigenvalue weighted by Crippen LogP contribution is -2.24. The van der Waals surface area contributed by atoms with Crippen LogP contribution in [0.5, 0.6) is 0 Å². The van der Waals surface area contributed by atoms with E-state index in [4.69, 9.17) is 4.74 Å². The molecule has 0 aliphatic rings. The largest absolute Gasteiger partial charge is 0.465 e. The number of rotatable bonds is 11. The van der Waals surface area contributed by atoms with E-state index < -0.39 is 5.92 Å². The molecule has 0 aromatic rings. The lowest BCUT2D eigenvalue weighted by atomic mass is 9.97. The van der Waals surface area contributed by atoms with Crippen LogP contribution in [-0.4, -0.2) is 18.4 Å². The molecule has 0 aromatic heterocycles. The van der Waals surface area contributed by atoms with Gasteiger partial charge in [0.25, 0.3) is 0 Å². The predicted octanol–water partition coefficient (Wildman–Crippen LogP) is 3.90. The summed E-state index contributed by atoms with van der Waals surface area (Å²) in [5.74, 6) is -0.962. The van der Waals surface area contributed by atoms with E-state index in [9.17, 15) is 9.59 Å². The Bertz CT molecular complexity index is 236. The van der Waals surface area contributed by atoms with Crippen LogP contribution in [-0.2, 0) is 14.3 Å². The third kappa shape index (κ3) is 8.26. The highest BCUT2D eigenvalue weighted by molar-refractivity contribution is 5.97. The summed E-state index contributed by atoms with van der Waals surface area (Å²) in [7, 11) is 0. The van der Waals surface area contributed by atoms with Gasteiger partial charge in [-0.25, -0.2) is 0 Å². The van der Waals surface area contributed by atoms with Gasteiger partial charge in [-0.15, -0.1) is 0 Å². The highest BCUT2D eigenvalue weighted by Gasteiger charge is 2.23. The van der Waals surface area contributed by atoms with Crippen LogP contribution in [0.25, 0.3) is 0 Å². The molecule has 0 amide bonds. The third-order valence-corrected chi connectivity index (χ3v) is 3.16. The molecule has 0 rings (SSSR count). The van der Waals surface area contributed by atoms with Crippen LogP contribution in [0, 0.1) is 5.92 Å². The Morgan fingerprint density at radius 3 is 2.00 bits per heavy atom. The van der Waals surface area contributed by atoms with Crippen molar-refractivity contribution in [1.29, 1.82) is 0 Å². The Morgan fingerprint density at radius 2 is 1.50 bits per heavy atom. The summed E-state index contributed by atoms with van der Waals surface area (Å²) in [6, 6.07) is 0. The SMILES string of the molecule is CCCCCCCCC[C@@H](C(C)=O)C(=O)OCC. The van der Waals surface area contributed by atoms with Gasteiger partial charge in [-0.05, 0) is 20.3 Å². The van der Waals surface area contributed by atoms with Crippen LogP contribution in [0.3, 0.4) is 0 Å². The van der Waals surface area contributed by atoms with Crippen molar-refractivity contribution in [3.05, 3.63) is 0 Å². The molecule has 0 aliphatic carbocycles. The van der Waals surface area contributed by atoms with Crippen molar-refractivity contribution in [2.24, 2.45) is 5.92 Å². The lowest BCUT2D eigenvalue weighted by molar-refractivity contribution is -0.151. The normalized spacial score (nSPS) is 12.2. The number of unbranched alkanes of at least 4 members (excludes halogenated alkanes) is 6. The minimum Gasteiger partial charge on any atom is -0.465 e. The third-order valence-electron chi connectivity index (χ3n) is 3.16. The first kappa shape index (κ1) is 17.1. The van der Waals surface area contributed by atoms with Crippen molar-refractivity contribution in [2.75, 3.05) is 6.61 Å². The zero-order valence-electron chi connectivity index (χ0n) is 12.2. The van der Waals surface area contributed by atoms with Gasteiger partial charge in [0, 0.05) is 0 Å². The molecule has 0 radical (unpaired) electrons. The van der Waals surface area contributed by atoms with E-state index >= 15 is 0 Å². The van der Waals surface area contributed by atoms with E-state index in [0.717, 1.165) is 12.8 Å². The number of hydrogen-bond donors (Lipinski definition) is 0. The van der Waals surface area contributed by atoms with E-state index in [1.54, 1.807) is 6.92 Å². The van der Waals surface area contributed by atoms with Crippen molar-refractivity contribution in [1.82, 2.24) is 0 Å². The van der Waals surface area contributed by atoms with E-state index in [0.29, 0.717) is 13.0 Å². The summed E-state index contributed by atoms with van der Waals surface area (Å²) in [6.45, 7) is 5.79. The molecular formula is C15H28O3. The quantitative estimate of drug-likeness (QED) is 0.320. The van der Waals surface area contributed by atoms with Gasteiger partial charge in [0.2, 0.25) is 0 Å². The Balaban J connectivity index is 3.71. The van der Waals surface area contributed by atoms with Gasteiger partial charge in [0.1, 0.15) is 11.7 Å². The van der Waals surface area contributed by atoms with E-state index in [2.05, 4.69) is 6.92 Å². The Labute approximate surface area is 111 Å². The second kappa shape index (κ2) is 11.2. The van der Waals surface area contributed by atoms with Crippen LogP contribution in [0.4, 0.5) is 0 Å². The average Bonchev–Trinajstić information content (AvgIpc) is 2.32. The van der Waals surface area contributed by atoms with Gasteiger partial charge in [-0.2, -0.15) is 0 Å². The maximum Gasteiger partial charge on any atom is 0.316 e. The summed E-state index contributed by atoms with van der Waals surface area (Å²) in [4.78, 5) is 22.9. The first-order valence-corrected chi connectivity index (χ1v) is 7.30. The minimum absolute atomic E-state index is 0.0700. The zero-order valence-corrected chi connectivity index (χ0v) is 12.2. The number of carbonyl (C=O) groups is 2. The number of ether oxygens (including phenoxy) is 1. The molecule has 0 saturated heterocycles. The second-order valence-corrected chi connectivity index (χ2v) is 4.83. The van der Waals surface area contributed by atoms with Gasteiger partial charge in [0.05, 0.1) is 6.61 Å². The predicted molar refractivity (Wildman–Crippen MR) is 73.4 cm³/mol. The van der Waals surface area contributed by atoms with E-state index in [-0.39, 0.29) is 11.8 Å². The molecule has 0 bridgehead atoms. The maximum absolute atomic E-state index is 11.5. The van der Waals surface area contributed by atoms with Crippen LogP contribution >= 0.6 is 0 Å². The standard InChI is InChI=1S/C15H28O3/c1-4-6-7-8-9-10-11-12-14(13(3)16)15(17)18-5-2/h14H,4-12H2,1-3H3/t14-/m0/s1. The molecule has 0 fully saturated rings. The van der Waals surface area contributed by atoms with Gasteiger partial charge >= 0.3 is 5.97 Å². The van der Waals surface area contributed by atoms with E-state index in [1.807, 2.05) is 0 Å². The molecule has 1 atom stereocenters. The fourth-order valence-electron chi connectivity index (χ4n) is 2.04. The summed E-state index contributed by atoms with van der Waals surface area (Å²) in [5.41, 5.74) is 0. The smallest absolute Gasteiger partial charge is 0.316 e. The van der Waals surface area contributed by atoms with Crippen LogP contribution < -0.4 is 0 Å². The highest BCUT2D eigenvalue weighted by Crippen LogP contribution is 2.15. The van der Waals surface area contributed by atoms with Crippen LogP contribution in [0.2, 0.25) is 0 Å². The number of esters is 1. The molecule has 106 valence electrons. The highest BCUT2D eigenvalue weighted by atomic mass is 16.5. The van der Waals surface area contributed by atoms with E-state index in [1.165, 1.54) is 39.0 Å². The van der Waals surface area contributed by atoms with Crippen molar-refractivity contribution < 1.29 is 14.3 Å². The summed E-state index contributed by atoms with van der Waals surface area (Å²) < 4.78 is 4.92. The number of hydrogen-bond acceptors (Lipinski definition) is 3. The van der Waals surface area contributed by atoms with Crippen molar-refractivity contribution in [2.45, 2.75) is 72.1 Å². The van der Waals surface area contributed by atoms with Gasteiger partial charge in [-0.3, -0.25) is 9.59 Å². The van der Waals surface area contributed by atoms with Gasteiger partial charge in [0.15, 0.2) is 0 Å². The second-order valence-electron chi connectivity index (χ2n) is 4.83. The number of carbonyl (C=O) groups excluding carboxylic acids is 2. The molecule has 3 heteroatoms. The molecular weight excluding hydrogens is 228 g/mol. The zero-order chi connectivity index (χ0) is 13.8. The topological polar surface area (TPSA) is 43.4 Å². The molecule has 0 unspecified atom stereocenters. The Hall–Kier alpha value is -0.860. The monoisotopic (exact) mass is 256 g/mol.